The Hall–Kier alpha value is -1.66. The molecule has 0 aliphatic heterocycles. The van der Waals surface area contributed by atoms with Gasteiger partial charge in [-0.1, -0.05) is 24.3 Å². The van der Waals surface area contributed by atoms with Gasteiger partial charge in [0.05, 0.1) is 19.8 Å². The maximum atomic E-state index is 5.43. The Kier molecular flexibility index (Phi) is 5.31. The Morgan fingerprint density at radius 1 is 1.20 bits per heavy atom. The molecule has 0 unspecified atom stereocenters. The van der Waals surface area contributed by atoms with Crippen LogP contribution in [0.1, 0.15) is 18.4 Å². The first kappa shape index (κ1) is 14.7. The summed E-state index contributed by atoms with van der Waals surface area (Å²) in [5, 5.41) is 13.6. The van der Waals surface area contributed by atoms with Crippen LogP contribution in [0.4, 0.5) is 0 Å². The van der Waals surface area contributed by atoms with Crippen LogP contribution in [0, 0.1) is 0 Å². The van der Waals surface area contributed by atoms with Gasteiger partial charge in [0.2, 0.25) is 0 Å². The van der Waals surface area contributed by atoms with Crippen LogP contribution in [0.5, 0.6) is 11.5 Å². The van der Waals surface area contributed by atoms with Crippen LogP contribution in [0.2, 0.25) is 0 Å². The lowest BCUT2D eigenvalue weighted by Gasteiger charge is -2.10. The number of nitrogens with zero attached hydrogens (tertiary/aromatic N) is 2. The second-order valence-electron chi connectivity index (χ2n) is 4.22. The molecule has 0 fully saturated rings. The Bertz CT molecular complexity index is 557. The number of ether oxygens (including phenoxy) is 2. The zero-order valence-electron chi connectivity index (χ0n) is 12.0. The molecule has 6 heteroatoms. The quantitative estimate of drug-likeness (QED) is 0.795. The van der Waals surface area contributed by atoms with E-state index in [2.05, 4.69) is 22.4 Å². The molecule has 20 heavy (non-hydrogen) atoms. The lowest BCUT2D eigenvalue weighted by atomic mass is 10.2. The molecule has 2 rings (SSSR count). The number of hydrogen-bond donors (Lipinski definition) is 1. The van der Waals surface area contributed by atoms with Crippen LogP contribution in [0.3, 0.4) is 0 Å². The molecule has 0 bridgehead atoms. The zero-order valence-corrected chi connectivity index (χ0v) is 12.8. The Morgan fingerprint density at radius 3 is 2.75 bits per heavy atom. The van der Waals surface area contributed by atoms with Gasteiger partial charge in [0.25, 0.3) is 0 Å². The van der Waals surface area contributed by atoms with Gasteiger partial charge in [-0.2, -0.15) is 0 Å². The highest BCUT2D eigenvalue weighted by Gasteiger charge is 2.15. The summed E-state index contributed by atoms with van der Waals surface area (Å²) in [6, 6.07) is 5.76. The van der Waals surface area contributed by atoms with Crippen molar-refractivity contribution in [1.82, 2.24) is 15.5 Å². The number of methoxy groups -OCH3 is 2. The molecule has 0 saturated heterocycles. The van der Waals surface area contributed by atoms with Crippen LogP contribution >= 0.6 is 11.3 Å². The third-order valence-electron chi connectivity index (χ3n) is 2.80. The summed E-state index contributed by atoms with van der Waals surface area (Å²) in [4.78, 5) is 0. The van der Waals surface area contributed by atoms with Gasteiger partial charge in [-0.3, -0.25) is 0 Å². The van der Waals surface area contributed by atoms with Crippen molar-refractivity contribution in [2.24, 2.45) is 0 Å². The molecule has 0 saturated carbocycles. The molecule has 108 valence electrons. The predicted octanol–water partition coefficient (Wildman–Crippen LogP) is 2.72. The van der Waals surface area contributed by atoms with E-state index in [1.165, 1.54) is 0 Å². The minimum atomic E-state index is 0.694. The molecule has 1 aromatic heterocycles. The van der Waals surface area contributed by atoms with E-state index in [0.29, 0.717) is 11.5 Å². The van der Waals surface area contributed by atoms with Crippen molar-refractivity contribution in [2.75, 3.05) is 20.8 Å². The fourth-order valence-electron chi connectivity index (χ4n) is 1.86. The first-order chi connectivity index (χ1) is 9.80. The normalized spacial score (nSPS) is 10.6. The third kappa shape index (κ3) is 3.26. The number of rotatable bonds is 7. The first-order valence-electron chi connectivity index (χ1n) is 6.54. The first-order valence-corrected chi connectivity index (χ1v) is 7.36. The summed E-state index contributed by atoms with van der Waals surface area (Å²) in [5.74, 6) is 1.39. The number of nitrogens with one attached hydrogen (secondary N) is 1. The van der Waals surface area contributed by atoms with Gasteiger partial charge >= 0.3 is 0 Å². The number of benzene rings is 1. The third-order valence-corrected chi connectivity index (χ3v) is 3.76. The van der Waals surface area contributed by atoms with Crippen molar-refractivity contribution in [3.8, 4) is 22.1 Å². The van der Waals surface area contributed by atoms with Crippen molar-refractivity contribution >= 4 is 11.3 Å². The molecule has 0 atom stereocenters. The van der Waals surface area contributed by atoms with Gasteiger partial charge in [0, 0.05) is 6.54 Å². The smallest absolute Gasteiger partial charge is 0.171 e. The largest absolute Gasteiger partial charge is 0.493 e. The highest BCUT2D eigenvalue weighted by molar-refractivity contribution is 7.14. The summed E-state index contributed by atoms with van der Waals surface area (Å²) < 4.78 is 10.7. The van der Waals surface area contributed by atoms with E-state index in [-0.39, 0.29) is 0 Å². The standard InChI is InChI=1S/C14H19N3O2S/c1-4-8-15-9-12-16-17-14(20-12)10-6-5-7-11(18-2)13(10)19-3/h5-7,15H,4,8-9H2,1-3H3. The minimum absolute atomic E-state index is 0.694. The zero-order chi connectivity index (χ0) is 14.4. The SMILES string of the molecule is CCCNCc1nnc(-c2cccc(OC)c2OC)s1. The molecular formula is C14H19N3O2S. The Labute approximate surface area is 123 Å². The minimum Gasteiger partial charge on any atom is -0.493 e. The van der Waals surface area contributed by atoms with E-state index in [9.17, 15) is 0 Å². The van der Waals surface area contributed by atoms with Crippen molar-refractivity contribution in [2.45, 2.75) is 19.9 Å². The molecular weight excluding hydrogens is 274 g/mol. The molecule has 1 heterocycles. The molecule has 1 N–H and O–H groups in total. The molecule has 1 aromatic carbocycles. The van der Waals surface area contributed by atoms with Crippen LogP contribution in [0.25, 0.3) is 10.6 Å². The van der Waals surface area contributed by atoms with E-state index in [1.807, 2.05) is 18.2 Å². The van der Waals surface area contributed by atoms with Crippen LogP contribution in [-0.4, -0.2) is 31.0 Å². The fourth-order valence-corrected chi connectivity index (χ4v) is 2.69. The maximum Gasteiger partial charge on any atom is 0.171 e. The lowest BCUT2D eigenvalue weighted by Crippen LogP contribution is -2.13. The molecule has 0 aliphatic rings. The van der Waals surface area contributed by atoms with Gasteiger partial charge in [-0.05, 0) is 25.1 Å². The number of aromatic nitrogens is 2. The van der Waals surface area contributed by atoms with E-state index in [1.54, 1.807) is 25.6 Å². The second-order valence-corrected chi connectivity index (χ2v) is 5.28. The molecule has 0 spiro atoms. The van der Waals surface area contributed by atoms with Crippen LogP contribution in [0.15, 0.2) is 18.2 Å². The van der Waals surface area contributed by atoms with Crippen LogP contribution < -0.4 is 14.8 Å². The molecule has 0 aliphatic carbocycles. The highest BCUT2D eigenvalue weighted by Crippen LogP contribution is 2.38. The summed E-state index contributed by atoms with van der Waals surface area (Å²) in [7, 11) is 3.26. The van der Waals surface area contributed by atoms with Crippen molar-refractivity contribution in [1.29, 1.82) is 0 Å². The Morgan fingerprint density at radius 2 is 2.05 bits per heavy atom. The van der Waals surface area contributed by atoms with Crippen LogP contribution in [-0.2, 0) is 6.54 Å². The monoisotopic (exact) mass is 293 g/mol. The molecule has 2 aromatic rings. The summed E-state index contributed by atoms with van der Waals surface area (Å²) >= 11 is 1.56. The second kappa shape index (κ2) is 7.21. The number of para-hydroxylation sites is 1. The number of hydrogen-bond acceptors (Lipinski definition) is 6. The van der Waals surface area contributed by atoms with Gasteiger partial charge in [-0.25, -0.2) is 0 Å². The van der Waals surface area contributed by atoms with Gasteiger partial charge in [-0.15, -0.1) is 10.2 Å². The van der Waals surface area contributed by atoms with E-state index < -0.39 is 0 Å². The predicted molar refractivity (Wildman–Crippen MR) is 80.4 cm³/mol. The van der Waals surface area contributed by atoms with Gasteiger partial charge in [0.1, 0.15) is 5.01 Å². The lowest BCUT2D eigenvalue weighted by molar-refractivity contribution is 0.356. The van der Waals surface area contributed by atoms with Crippen molar-refractivity contribution in [3.05, 3.63) is 23.2 Å². The topological polar surface area (TPSA) is 56.3 Å². The van der Waals surface area contributed by atoms with Crippen molar-refractivity contribution in [3.63, 3.8) is 0 Å². The molecule has 0 amide bonds. The average Bonchev–Trinajstić information content (AvgIpc) is 2.95. The molecule has 5 nitrogen and oxygen atoms in total. The Balaban J connectivity index is 2.23. The van der Waals surface area contributed by atoms with E-state index in [0.717, 1.165) is 35.1 Å². The van der Waals surface area contributed by atoms with E-state index in [4.69, 9.17) is 9.47 Å². The van der Waals surface area contributed by atoms with Gasteiger partial charge in [0.15, 0.2) is 16.5 Å². The molecule has 0 radical (unpaired) electrons. The average molecular weight is 293 g/mol. The highest BCUT2D eigenvalue weighted by atomic mass is 32.1. The fraction of sp³-hybridized carbons (Fsp3) is 0.429. The summed E-state index contributed by atoms with van der Waals surface area (Å²) in [6.45, 7) is 3.87. The maximum absolute atomic E-state index is 5.43. The summed E-state index contributed by atoms with van der Waals surface area (Å²) in [5.41, 5.74) is 0.908. The van der Waals surface area contributed by atoms with Crippen molar-refractivity contribution < 1.29 is 9.47 Å². The summed E-state index contributed by atoms with van der Waals surface area (Å²) in [6.07, 6.45) is 1.11. The van der Waals surface area contributed by atoms with Gasteiger partial charge < -0.3 is 14.8 Å². The van der Waals surface area contributed by atoms with E-state index >= 15 is 0 Å².